The number of piperidine rings is 1. The van der Waals surface area contributed by atoms with Crippen molar-refractivity contribution in [2.75, 3.05) is 13.1 Å². The Bertz CT molecular complexity index is 988. The van der Waals surface area contributed by atoms with Crippen molar-refractivity contribution >= 4 is 40.1 Å². The normalized spacial score (nSPS) is 15.1. The number of carbonyl (C=O) groups is 1. The zero-order valence-corrected chi connectivity index (χ0v) is 16.0. The van der Waals surface area contributed by atoms with Gasteiger partial charge in [0.1, 0.15) is 6.10 Å². The van der Waals surface area contributed by atoms with Gasteiger partial charge in [-0.25, -0.2) is 9.97 Å². The van der Waals surface area contributed by atoms with Gasteiger partial charge in [0, 0.05) is 31.0 Å². The number of aromatic nitrogens is 2. The van der Waals surface area contributed by atoms with Crippen LogP contribution in [-0.2, 0) is 0 Å². The topological polar surface area (TPSA) is 55.3 Å². The zero-order valence-electron chi connectivity index (χ0n) is 14.4. The summed E-state index contributed by atoms with van der Waals surface area (Å²) in [6.45, 7) is 1.20. The fourth-order valence-corrected chi connectivity index (χ4v) is 3.67. The van der Waals surface area contributed by atoms with Crippen LogP contribution in [0.15, 0.2) is 48.7 Å². The van der Waals surface area contributed by atoms with Crippen LogP contribution in [0, 0.1) is 0 Å². The van der Waals surface area contributed by atoms with Gasteiger partial charge in [-0.3, -0.25) is 4.79 Å². The number of benzene rings is 2. The molecule has 7 heteroatoms. The number of nitrogens with zero attached hydrogens (tertiary/aromatic N) is 3. The van der Waals surface area contributed by atoms with Crippen LogP contribution in [0.2, 0.25) is 10.0 Å². The number of carbonyl (C=O) groups excluding carboxylic acids is 1. The third kappa shape index (κ3) is 3.99. The van der Waals surface area contributed by atoms with Gasteiger partial charge in [-0.05, 0) is 30.3 Å². The smallest absolute Gasteiger partial charge is 0.255 e. The first-order chi connectivity index (χ1) is 13.1. The molecule has 0 aliphatic carbocycles. The lowest BCUT2D eigenvalue weighted by Crippen LogP contribution is -2.42. The molecule has 0 radical (unpaired) electrons. The highest BCUT2D eigenvalue weighted by molar-refractivity contribution is 6.36. The van der Waals surface area contributed by atoms with Gasteiger partial charge in [0.2, 0.25) is 5.88 Å². The minimum absolute atomic E-state index is 0.00482. The van der Waals surface area contributed by atoms with Crippen LogP contribution in [0.3, 0.4) is 0 Å². The van der Waals surface area contributed by atoms with E-state index in [2.05, 4.69) is 9.97 Å². The molecule has 5 nitrogen and oxygen atoms in total. The summed E-state index contributed by atoms with van der Waals surface area (Å²) >= 11 is 12.1. The summed E-state index contributed by atoms with van der Waals surface area (Å²) < 4.78 is 5.98. The Kier molecular flexibility index (Phi) is 5.14. The number of ether oxygens (including phenoxy) is 1. The third-order valence-corrected chi connectivity index (χ3v) is 5.15. The first kappa shape index (κ1) is 18.0. The first-order valence-electron chi connectivity index (χ1n) is 8.73. The van der Waals surface area contributed by atoms with Crippen LogP contribution in [0.1, 0.15) is 23.2 Å². The van der Waals surface area contributed by atoms with Crippen LogP contribution in [0.4, 0.5) is 0 Å². The monoisotopic (exact) mass is 401 g/mol. The summed E-state index contributed by atoms with van der Waals surface area (Å²) in [5, 5.41) is 0.887. The Morgan fingerprint density at radius 3 is 2.56 bits per heavy atom. The maximum absolute atomic E-state index is 12.7. The van der Waals surface area contributed by atoms with Crippen molar-refractivity contribution in [1.82, 2.24) is 14.9 Å². The SMILES string of the molecule is O=C(c1ccc(Cl)cc1Cl)N1CCC(Oc2cnc3ccccc3n2)CC1. The summed E-state index contributed by atoms with van der Waals surface area (Å²) in [4.78, 5) is 23.3. The number of hydrogen-bond donors (Lipinski definition) is 0. The minimum atomic E-state index is -0.0828. The van der Waals surface area contributed by atoms with Crippen molar-refractivity contribution in [1.29, 1.82) is 0 Å². The molecule has 1 aromatic heterocycles. The van der Waals surface area contributed by atoms with Crippen molar-refractivity contribution in [2.45, 2.75) is 18.9 Å². The van der Waals surface area contributed by atoms with E-state index in [-0.39, 0.29) is 12.0 Å². The summed E-state index contributed by atoms with van der Waals surface area (Å²) in [5.74, 6) is 0.430. The van der Waals surface area contributed by atoms with E-state index in [1.807, 2.05) is 24.3 Å². The second-order valence-corrected chi connectivity index (χ2v) is 7.27. The van der Waals surface area contributed by atoms with Crippen LogP contribution >= 0.6 is 23.2 Å². The zero-order chi connectivity index (χ0) is 18.8. The standard InChI is InChI=1S/C20H17Cl2N3O2/c21-13-5-6-15(16(22)11-13)20(26)25-9-7-14(8-10-25)27-19-12-23-17-3-1-2-4-18(17)24-19/h1-6,11-12,14H,7-10H2. The van der Waals surface area contributed by atoms with Crippen LogP contribution < -0.4 is 4.74 Å². The number of amides is 1. The predicted molar refractivity (Wildman–Crippen MR) is 106 cm³/mol. The van der Waals surface area contributed by atoms with Crippen LogP contribution in [0.25, 0.3) is 11.0 Å². The van der Waals surface area contributed by atoms with E-state index in [0.29, 0.717) is 34.6 Å². The number of fused-ring (bicyclic) bond motifs is 1. The van der Waals surface area contributed by atoms with E-state index in [9.17, 15) is 4.79 Å². The number of rotatable bonds is 3. The lowest BCUT2D eigenvalue weighted by atomic mass is 10.1. The molecule has 0 spiro atoms. The molecule has 1 aliphatic heterocycles. The molecule has 0 bridgehead atoms. The maximum Gasteiger partial charge on any atom is 0.255 e. The van der Waals surface area contributed by atoms with E-state index >= 15 is 0 Å². The molecule has 0 saturated carbocycles. The van der Waals surface area contributed by atoms with E-state index in [0.717, 1.165) is 23.9 Å². The second kappa shape index (κ2) is 7.71. The summed E-state index contributed by atoms with van der Waals surface area (Å²) in [6, 6.07) is 12.6. The van der Waals surface area contributed by atoms with Gasteiger partial charge in [0.15, 0.2) is 0 Å². The molecule has 2 aromatic carbocycles. The van der Waals surface area contributed by atoms with Crippen molar-refractivity contribution in [3.63, 3.8) is 0 Å². The van der Waals surface area contributed by atoms with E-state index < -0.39 is 0 Å². The Morgan fingerprint density at radius 2 is 1.81 bits per heavy atom. The molecular formula is C20H17Cl2N3O2. The van der Waals surface area contributed by atoms with Crippen LogP contribution in [-0.4, -0.2) is 40.0 Å². The maximum atomic E-state index is 12.7. The van der Waals surface area contributed by atoms with Gasteiger partial charge >= 0.3 is 0 Å². The summed E-state index contributed by atoms with van der Waals surface area (Å²) in [5.41, 5.74) is 2.12. The fourth-order valence-electron chi connectivity index (χ4n) is 3.18. The lowest BCUT2D eigenvalue weighted by Gasteiger charge is -2.32. The summed E-state index contributed by atoms with van der Waals surface area (Å²) in [7, 11) is 0. The fraction of sp³-hybridized carbons (Fsp3) is 0.250. The predicted octanol–water partition coefficient (Wildman–Crippen LogP) is 4.62. The molecule has 1 fully saturated rings. The highest BCUT2D eigenvalue weighted by Gasteiger charge is 2.26. The van der Waals surface area contributed by atoms with Crippen molar-refractivity contribution in [3.05, 3.63) is 64.3 Å². The first-order valence-corrected chi connectivity index (χ1v) is 9.48. The molecule has 3 aromatic rings. The molecular weight excluding hydrogens is 385 g/mol. The molecule has 27 heavy (non-hydrogen) atoms. The van der Waals surface area contributed by atoms with Gasteiger partial charge in [-0.1, -0.05) is 35.3 Å². The molecule has 0 atom stereocenters. The molecule has 138 valence electrons. The van der Waals surface area contributed by atoms with Gasteiger partial charge < -0.3 is 9.64 Å². The number of likely N-dealkylation sites (tertiary alicyclic amines) is 1. The molecule has 0 N–H and O–H groups in total. The highest BCUT2D eigenvalue weighted by atomic mass is 35.5. The highest BCUT2D eigenvalue weighted by Crippen LogP contribution is 2.25. The average molecular weight is 402 g/mol. The Balaban J connectivity index is 1.38. The van der Waals surface area contributed by atoms with Crippen molar-refractivity contribution in [3.8, 4) is 5.88 Å². The van der Waals surface area contributed by atoms with Crippen molar-refractivity contribution in [2.24, 2.45) is 0 Å². The molecule has 0 unspecified atom stereocenters. The van der Waals surface area contributed by atoms with E-state index in [1.165, 1.54) is 0 Å². The van der Waals surface area contributed by atoms with Gasteiger partial charge in [0.05, 0.1) is 27.8 Å². The van der Waals surface area contributed by atoms with Gasteiger partial charge in [-0.15, -0.1) is 0 Å². The minimum Gasteiger partial charge on any atom is -0.473 e. The molecule has 4 rings (SSSR count). The average Bonchev–Trinajstić information content (AvgIpc) is 2.68. The largest absolute Gasteiger partial charge is 0.473 e. The third-order valence-electron chi connectivity index (χ3n) is 4.60. The van der Waals surface area contributed by atoms with Gasteiger partial charge in [-0.2, -0.15) is 0 Å². The Hall–Kier alpha value is -2.37. The molecule has 1 amide bonds. The number of para-hydroxylation sites is 2. The lowest BCUT2D eigenvalue weighted by molar-refractivity contribution is 0.0588. The number of hydrogen-bond acceptors (Lipinski definition) is 4. The second-order valence-electron chi connectivity index (χ2n) is 6.43. The van der Waals surface area contributed by atoms with E-state index in [4.69, 9.17) is 27.9 Å². The van der Waals surface area contributed by atoms with E-state index in [1.54, 1.807) is 29.3 Å². The number of halogens is 2. The van der Waals surface area contributed by atoms with Crippen LogP contribution in [0.5, 0.6) is 5.88 Å². The van der Waals surface area contributed by atoms with Crippen molar-refractivity contribution < 1.29 is 9.53 Å². The molecule has 2 heterocycles. The summed E-state index contributed by atoms with van der Waals surface area (Å²) in [6.07, 6.45) is 3.11. The molecule has 1 aliphatic rings. The van der Waals surface area contributed by atoms with Gasteiger partial charge in [0.25, 0.3) is 5.91 Å². The molecule has 1 saturated heterocycles. The Labute approximate surface area is 166 Å². The Morgan fingerprint density at radius 1 is 1.07 bits per heavy atom. The quantitative estimate of drug-likeness (QED) is 0.642.